The second kappa shape index (κ2) is 4.39. The van der Waals surface area contributed by atoms with E-state index in [0.29, 0.717) is 5.69 Å². The van der Waals surface area contributed by atoms with Crippen molar-refractivity contribution in [3.05, 3.63) is 60.7 Å². The van der Waals surface area contributed by atoms with Gasteiger partial charge in [0, 0.05) is 10.6 Å². The highest BCUT2D eigenvalue weighted by molar-refractivity contribution is 7.80. The van der Waals surface area contributed by atoms with Crippen molar-refractivity contribution >= 4 is 29.1 Å². The zero-order valence-electron chi connectivity index (χ0n) is 9.80. The van der Waals surface area contributed by atoms with Gasteiger partial charge in [0.15, 0.2) is 0 Å². The molecule has 0 aliphatic carbocycles. The number of nitrogens with two attached hydrogens (primary N) is 1. The van der Waals surface area contributed by atoms with Crippen LogP contribution in [0.25, 0.3) is 21.9 Å². The van der Waals surface area contributed by atoms with Crippen LogP contribution in [-0.4, -0.2) is 0 Å². The molecule has 3 aromatic carbocycles. The number of nitrogen functional groups attached to an aromatic ring is 1. The normalized spacial score (nSPS) is 10.7. The summed E-state index contributed by atoms with van der Waals surface area (Å²) in [4.78, 5) is 0.820. The van der Waals surface area contributed by atoms with E-state index in [1.54, 1.807) is 0 Å². The number of hydrogen-bond acceptors (Lipinski definition) is 2. The Bertz CT molecular complexity index is 714. The lowest BCUT2D eigenvalue weighted by Gasteiger charge is -2.08. The van der Waals surface area contributed by atoms with E-state index in [2.05, 4.69) is 55.1 Å². The van der Waals surface area contributed by atoms with Gasteiger partial charge in [-0.25, -0.2) is 0 Å². The minimum absolute atomic E-state index is 0.710. The van der Waals surface area contributed by atoms with E-state index in [4.69, 9.17) is 5.73 Å². The highest BCUT2D eigenvalue weighted by atomic mass is 32.1. The quantitative estimate of drug-likeness (QED) is 0.487. The second-order valence-electron chi connectivity index (χ2n) is 4.30. The van der Waals surface area contributed by atoms with E-state index in [1.165, 1.54) is 16.3 Å². The SMILES string of the molecule is Nc1ccc(-c2cccc3ccccc23)cc1S. The number of fused-ring (bicyclic) bond motifs is 1. The van der Waals surface area contributed by atoms with E-state index < -0.39 is 0 Å². The van der Waals surface area contributed by atoms with Crippen molar-refractivity contribution in [2.45, 2.75) is 4.90 Å². The first-order valence-corrected chi connectivity index (χ1v) is 6.27. The predicted octanol–water partition coefficient (Wildman–Crippen LogP) is 4.38. The molecule has 0 unspecified atom stereocenters. The molecule has 0 aliphatic heterocycles. The van der Waals surface area contributed by atoms with Crippen LogP contribution < -0.4 is 5.73 Å². The Labute approximate surface area is 112 Å². The number of benzene rings is 3. The molecule has 0 fully saturated rings. The first-order chi connectivity index (χ1) is 8.75. The Balaban J connectivity index is 2.28. The molecule has 0 aromatic heterocycles. The average Bonchev–Trinajstić information content (AvgIpc) is 2.41. The molecule has 3 aromatic rings. The molecule has 2 heteroatoms. The van der Waals surface area contributed by atoms with E-state index in [-0.39, 0.29) is 0 Å². The minimum atomic E-state index is 0.710. The summed E-state index contributed by atoms with van der Waals surface area (Å²) in [5.74, 6) is 0. The summed E-state index contributed by atoms with van der Waals surface area (Å²) in [6.45, 7) is 0. The Morgan fingerprint density at radius 2 is 1.61 bits per heavy atom. The maximum Gasteiger partial charge on any atom is 0.0450 e. The Hall–Kier alpha value is -1.93. The van der Waals surface area contributed by atoms with Crippen molar-refractivity contribution in [3.63, 3.8) is 0 Å². The summed E-state index contributed by atoms with van der Waals surface area (Å²) in [5.41, 5.74) is 8.87. The Kier molecular flexibility index (Phi) is 2.73. The molecule has 88 valence electrons. The third-order valence-corrected chi connectivity index (χ3v) is 3.52. The van der Waals surface area contributed by atoms with Gasteiger partial charge in [0.25, 0.3) is 0 Å². The molecular formula is C16H13NS. The number of hydrogen-bond donors (Lipinski definition) is 2. The maximum absolute atomic E-state index is 5.80. The van der Waals surface area contributed by atoms with Crippen LogP contribution in [0.4, 0.5) is 5.69 Å². The van der Waals surface area contributed by atoms with Gasteiger partial charge in [0.1, 0.15) is 0 Å². The van der Waals surface area contributed by atoms with Crippen molar-refractivity contribution in [2.75, 3.05) is 5.73 Å². The molecule has 0 atom stereocenters. The highest BCUT2D eigenvalue weighted by Gasteiger charge is 2.04. The molecule has 0 saturated heterocycles. The third kappa shape index (κ3) is 1.85. The molecule has 0 bridgehead atoms. The molecule has 2 N–H and O–H groups in total. The van der Waals surface area contributed by atoms with Gasteiger partial charge in [-0.3, -0.25) is 0 Å². The summed E-state index contributed by atoms with van der Waals surface area (Å²) < 4.78 is 0. The number of thiol groups is 1. The van der Waals surface area contributed by atoms with Gasteiger partial charge in [-0.2, -0.15) is 0 Å². The van der Waals surface area contributed by atoms with Crippen molar-refractivity contribution in [3.8, 4) is 11.1 Å². The van der Waals surface area contributed by atoms with Crippen molar-refractivity contribution in [1.82, 2.24) is 0 Å². The van der Waals surface area contributed by atoms with Crippen LogP contribution in [0.2, 0.25) is 0 Å². The molecule has 0 radical (unpaired) electrons. The summed E-state index contributed by atoms with van der Waals surface area (Å²) in [6.07, 6.45) is 0. The second-order valence-corrected chi connectivity index (χ2v) is 4.78. The van der Waals surface area contributed by atoms with Crippen molar-refractivity contribution in [1.29, 1.82) is 0 Å². The van der Waals surface area contributed by atoms with E-state index in [9.17, 15) is 0 Å². The van der Waals surface area contributed by atoms with E-state index in [0.717, 1.165) is 10.5 Å². The molecule has 0 spiro atoms. The van der Waals surface area contributed by atoms with Gasteiger partial charge in [-0.15, -0.1) is 12.6 Å². The van der Waals surface area contributed by atoms with Crippen LogP contribution in [-0.2, 0) is 0 Å². The monoisotopic (exact) mass is 251 g/mol. The van der Waals surface area contributed by atoms with Crippen LogP contribution in [0.1, 0.15) is 0 Å². The molecule has 0 aliphatic rings. The fraction of sp³-hybridized carbons (Fsp3) is 0. The molecule has 0 saturated carbocycles. The van der Waals surface area contributed by atoms with Gasteiger partial charge < -0.3 is 5.73 Å². The third-order valence-electron chi connectivity index (χ3n) is 3.13. The van der Waals surface area contributed by atoms with E-state index in [1.807, 2.05) is 18.2 Å². The Morgan fingerprint density at radius 1 is 0.833 bits per heavy atom. The molecule has 0 amide bonds. The van der Waals surface area contributed by atoms with E-state index >= 15 is 0 Å². The van der Waals surface area contributed by atoms with Gasteiger partial charge in [0.2, 0.25) is 0 Å². The van der Waals surface area contributed by atoms with Crippen LogP contribution in [0.3, 0.4) is 0 Å². The smallest absolute Gasteiger partial charge is 0.0450 e. The highest BCUT2D eigenvalue weighted by Crippen LogP contribution is 2.31. The van der Waals surface area contributed by atoms with Crippen LogP contribution in [0.15, 0.2) is 65.6 Å². The summed E-state index contributed by atoms with van der Waals surface area (Å²) in [5, 5.41) is 2.49. The fourth-order valence-electron chi connectivity index (χ4n) is 2.19. The van der Waals surface area contributed by atoms with Crippen LogP contribution >= 0.6 is 12.6 Å². The maximum atomic E-state index is 5.80. The molecule has 18 heavy (non-hydrogen) atoms. The summed E-state index contributed by atoms with van der Waals surface area (Å²) >= 11 is 4.39. The topological polar surface area (TPSA) is 26.0 Å². The molecule has 0 heterocycles. The fourth-order valence-corrected chi connectivity index (χ4v) is 2.40. The number of rotatable bonds is 1. The molecule has 3 rings (SSSR count). The first-order valence-electron chi connectivity index (χ1n) is 5.82. The molecule has 1 nitrogen and oxygen atoms in total. The zero-order valence-corrected chi connectivity index (χ0v) is 10.7. The summed E-state index contributed by atoms with van der Waals surface area (Å²) in [6, 6.07) is 20.7. The summed E-state index contributed by atoms with van der Waals surface area (Å²) in [7, 11) is 0. The van der Waals surface area contributed by atoms with Crippen molar-refractivity contribution < 1.29 is 0 Å². The van der Waals surface area contributed by atoms with Crippen LogP contribution in [0.5, 0.6) is 0 Å². The number of anilines is 1. The largest absolute Gasteiger partial charge is 0.398 e. The standard InChI is InChI=1S/C16H13NS/c17-15-9-8-12(10-16(15)18)14-7-3-5-11-4-1-2-6-13(11)14/h1-10,18H,17H2. The minimum Gasteiger partial charge on any atom is -0.398 e. The Morgan fingerprint density at radius 3 is 2.44 bits per heavy atom. The molecular weight excluding hydrogens is 238 g/mol. The van der Waals surface area contributed by atoms with Gasteiger partial charge in [-0.1, -0.05) is 48.5 Å². The predicted molar refractivity (Wildman–Crippen MR) is 81.0 cm³/mol. The van der Waals surface area contributed by atoms with Gasteiger partial charge in [-0.05, 0) is 34.0 Å². The van der Waals surface area contributed by atoms with Crippen LogP contribution in [0, 0.1) is 0 Å². The lowest BCUT2D eigenvalue weighted by atomic mass is 9.98. The average molecular weight is 251 g/mol. The van der Waals surface area contributed by atoms with Crippen molar-refractivity contribution in [2.24, 2.45) is 0 Å². The zero-order chi connectivity index (χ0) is 12.5. The van der Waals surface area contributed by atoms with Gasteiger partial charge in [0.05, 0.1) is 0 Å². The lowest BCUT2D eigenvalue weighted by molar-refractivity contribution is 1.47. The first kappa shape index (κ1) is 11.2. The van der Waals surface area contributed by atoms with Gasteiger partial charge >= 0.3 is 0 Å². The lowest BCUT2D eigenvalue weighted by Crippen LogP contribution is -1.88.